The second-order valence-corrected chi connectivity index (χ2v) is 4.27. The maximum Gasteiger partial charge on any atom is 0.177 e. The molecular weight excluding hydrogens is 252 g/mol. The van der Waals surface area contributed by atoms with Crippen molar-refractivity contribution in [3.05, 3.63) is 54.0 Å². The second-order valence-electron chi connectivity index (χ2n) is 4.27. The molecule has 5 nitrogen and oxygen atoms in total. The molecule has 1 aromatic carbocycles. The summed E-state index contributed by atoms with van der Waals surface area (Å²) in [6, 6.07) is 9.05. The zero-order valence-corrected chi connectivity index (χ0v) is 10.5. The van der Waals surface area contributed by atoms with Gasteiger partial charge in [0.05, 0.1) is 11.8 Å². The Labute approximate surface area is 115 Å². The van der Waals surface area contributed by atoms with Crippen molar-refractivity contribution in [1.29, 1.82) is 0 Å². The van der Waals surface area contributed by atoms with Crippen LogP contribution in [0.5, 0.6) is 0 Å². The highest BCUT2D eigenvalue weighted by atomic mass is 16.3. The van der Waals surface area contributed by atoms with Gasteiger partial charge in [0, 0.05) is 23.0 Å². The lowest BCUT2D eigenvalue weighted by Crippen LogP contribution is -2.10. The first-order chi connectivity index (χ1) is 9.78. The summed E-state index contributed by atoms with van der Waals surface area (Å²) in [5.41, 5.74) is 3.46. The molecule has 0 fully saturated rings. The van der Waals surface area contributed by atoms with Crippen LogP contribution in [0.2, 0.25) is 0 Å². The van der Waals surface area contributed by atoms with Crippen LogP contribution in [0.3, 0.4) is 0 Å². The van der Waals surface area contributed by atoms with E-state index in [1.54, 1.807) is 24.7 Å². The van der Waals surface area contributed by atoms with Gasteiger partial charge < -0.3 is 15.4 Å². The quantitative estimate of drug-likeness (QED) is 0.500. The van der Waals surface area contributed by atoms with Crippen LogP contribution in [0.25, 0.3) is 11.2 Å². The molecule has 0 bridgehead atoms. The average molecular weight is 264 g/mol. The van der Waals surface area contributed by atoms with E-state index >= 15 is 0 Å². The number of rotatable bonds is 3. The summed E-state index contributed by atoms with van der Waals surface area (Å²) in [6.45, 7) is 0. The molecule has 5 heteroatoms. The normalized spacial score (nSPS) is 12.0. The van der Waals surface area contributed by atoms with Gasteiger partial charge in [-0.1, -0.05) is 12.0 Å². The van der Waals surface area contributed by atoms with Crippen LogP contribution in [-0.2, 0) is 0 Å². The van der Waals surface area contributed by atoms with Gasteiger partial charge >= 0.3 is 0 Å². The Balaban J connectivity index is 1.91. The number of aromatic amines is 1. The van der Waals surface area contributed by atoms with Crippen molar-refractivity contribution in [3.63, 3.8) is 0 Å². The van der Waals surface area contributed by atoms with E-state index in [2.05, 4.69) is 26.2 Å². The summed E-state index contributed by atoms with van der Waals surface area (Å²) in [6.07, 6.45) is 7.64. The first-order valence-corrected chi connectivity index (χ1v) is 6.07. The molecule has 0 amide bonds. The number of imidazole rings is 1. The monoisotopic (exact) mass is 264 g/mol. The number of terminal acetylenes is 1. The molecule has 0 aliphatic carbocycles. The number of aliphatic hydroxyl groups is 1. The van der Waals surface area contributed by atoms with Gasteiger partial charge in [0.2, 0.25) is 0 Å². The maximum absolute atomic E-state index is 10.3. The van der Waals surface area contributed by atoms with Crippen molar-refractivity contribution >= 4 is 16.9 Å². The van der Waals surface area contributed by atoms with Gasteiger partial charge in [0.15, 0.2) is 11.9 Å². The zero-order valence-electron chi connectivity index (χ0n) is 10.5. The van der Waals surface area contributed by atoms with Gasteiger partial charge in [-0.25, -0.2) is 9.97 Å². The predicted molar refractivity (Wildman–Crippen MR) is 76.8 cm³/mol. The molecule has 3 aromatic rings. The van der Waals surface area contributed by atoms with Crippen molar-refractivity contribution in [3.8, 4) is 12.3 Å². The number of aliphatic hydroxyl groups excluding tert-OH is 1. The first-order valence-electron chi connectivity index (χ1n) is 6.07. The fourth-order valence-electron chi connectivity index (χ4n) is 2.03. The van der Waals surface area contributed by atoms with Crippen LogP contribution in [0.4, 0.5) is 5.69 Å². The minimum Gasteiger partial charge on any atom is -0.369 e. The molecule has 3 N–H and O–H groups in total. The smallest absolute Gasteiger partial charge is 0.177 e. The Hall–Kier alpha value is -2.84. The van der Waals surface area contributed by atoms with Crippen molar-refractivity contribution in [2.45, 2.75) is 6.23 Å². The minimum absolute atomic E-state index is 0.570. The molecule has 1 atom stereocenters. The van der Waals surface area contributed by atoms with Crippen molar-refractivity contribution in [2.24, 2.45) is 0 Å². The van der Waals surface area contributed by atoms with E-state index in [1.807, 2.05) is 18.2 Å². The fraction of sp³-hybridized carbons (Fsp3) is 0.0667. The Morgan fingerprint density at radius 2 is 2.20 bits per heavy atom. The van der Waals surface area contributed by atoms with Crippen molar-refractivity contribution < 1.29 is 5.11 Å². The summed E-state index contributed by atoms with van der Waals surface area (Å²) >= 11 is 0. The van der Waals surface area contributed by atoms with Gasteiger partial charge in [-0.2, -0.15) is 0 Å². The lowest BCUT2D eigenvalue weighted by Gasteiger charge is -2.15. The molecule has 0 aliphatic rings. The zero-order chi connectivity index (χ0) is 13.9. The Kier molecular flexibility index (Phi) is 3.07. The van der Waals surface area contributed by atoms with E-state index in [-0.39, 0.29) is 0 Å². The number of hydrogen-bond donors (Lipinski definition) is 3. The maximum atomic E-state index is 10.3. The number of nitrogens with one attached hydrogen (secondary N) is 2. The number of H-pyrrole nitrogens is 1. The van der Waals surface area contributed by atoms with E-state index in [1.165, 1.54) is 0 Å². The molecule has 98 valence electrons. The molecular formula is C15H12N4O. The molecule has 0 aliphatic heterocycles. The number of hydrogen-bond acceptors (Lipinski definition) is 4. The lowest BCUT2D eigenvalue weighted by atomic mass is 10.1. The third-order valence-corrected chi connectivity index (χ3v) is 2.99. The van der Waals surface area contributed by atoms with E-state index < -0.39 is 6.23 Å². The molecule has 2 aromatic heterocycles. The van der Waals surface area contributed by atoms with E-state index in [0.717, 1.165) is 11.3 Å². The molecule has 0 saturated carbocycles. The fourth-order valence-corrected chi connectivity index (χ4v) is 2.03. The number of fused-ring (bicyclic) bond motifs is 1. The molecule has 20 heavy (non-hydrogen) atoms. The SMILES string of the molecule is C#Cc1cccc(NC(O)c2ccnc3nc[nH]c23)c1. The third-order valence-electron chi connectivity index (χ3n) is 2.99. The number of anilines is 1. The van der Waals surface area contributed by atoms with Crippen LogP contribution in [-0.4, -0.2) is 20.1 Å². The molecule has 3 rings (SSSR count). The highest BCUT2D eigenvalue weighted by Gasteiger charge is 2.13. The van der Waals surface area contributed by atoms with Gasteiger partial charge in [-0.15, -0.1) is 6.42 Å². The molecule has 0 spiro atoms. The summed E-state index contributed by atoms with van der Waals surface area (Å²) in [5, 5.41) is 13.3. The van der Waals surface area contributed by atoms with Crippen molar-refractivity contribution in [1.82, 2.24) is 15.0 Å². The standard InChI is InChI=1S/C15H12N4O/c1-2-10-4-3-5-11(8-10)19-15(20)12-6-7-16-14-13(12)17-9-18-14/h1,3-9,15,19-20H,(H,16,17,18). The topological polar surface area (TPSA) is 73.8 Å². The molecule has 2 heterocycles. The summed E-state index contributed by atoms with van der Waals surface area (Å²) < 4.78 is 0. The molecule has 1 unspecified atom stereocenters. The average Bonchev–Trinajstić information content (AvgIpc) is 2.95. The molecule has 0 saturated heterocycles. The first kappa shape index (κ1) is 12.2. The number of pyridine rings is 1. The van der Waals surface area contributed by atoms with Crippen LogP contribution >= 0.6 is 0 Å². The van der Waals surface area contributed by atoms with Crippen molar-refractivity contribution in [2.75, 3.05) is 5.32 Å². The van der Waals surface area contributed by atoms with E-state index in [0.29, 0.717) is 16.7 Å². The third kappa shape index (κ3) is 2.20. The van der Waals surface area contributed by atoms with Gasteiger partial charge in [0.1, 0.15) is 0 Å². The predicted octanol–water partition coefficient (Wildman–Crippen LogP) is 2.04. The minimum atomic E-state index is -0.881. The van der Waals surface area contributed by atoms with E-state index in [4.69, 9.17) is 6.42 Å². The van der Waals surface area contributed by atoms with Gasteiger partial charge in [-0.05, 0) is 24.3 Å². The largest absolute Gasteiger partial charge is 0.369 e. The van der Waals surface area contributed by atoms with Crippen LogP contribution in [0.1, 0.15) is 17.4 Å². The second kappa shape index (κ2) is 5.03. The highest BCUT2D eigenvalue weighted by molar-refractivity contribution is 5.74. The molecule has 0 radical (unpaired) electrons. The Morgan fingerprint density at radius 1 is 1.30 bits per heavy atom. The summed E-state index contributed by atoms with van der Waals surface area (Å²) in [7, 11) is 0. The van der Waals surface area contributed by atoms with Crippen LogP contribution < -0.4 is 5.32 Å². The summed E-state index contributed by atoms with van der Waals surface area (Å²) in [5.74, 6) is 2.56. The Bertz CT molecular complexity index is 788. The van der Waals surface area contributed by atoms with E-state index in [9.17, 15) is 5.11 Å². The highest BCUT2D eigenvalue weighted by Crippen LogP contribution is 2.22. The lowest BCUT2D eigenvalue weighted by molar-refractivity contribution is 0.209. The van der Waals surface area contributed by atoms with Gasteiger partial charge in [-0.3, -0.25) is 0 Å². The number of benzene rings is 1. The summed E-state index contributed by atoms with van der Waals surface area (Å²) in [4.78, 5) is 11.1. The number of aromatic nitrogens is 3. The van der Waals surface area contributed by atoms with Gasteiger partial charge in [0.25, 0.3) is 0 Å². The van der Waals surface area contributed by atoms with Crippen LogP contribution in [0.15, 0.2) is 42.9 Å². The van der Waals surface area contributed by atoms with Crippen LogP contribution in [0, 0.1) is 12.3 Å². The number of nitrogens with zero attached hydrogens (tertiary/aromatic N) is 2. The Morgan fingerprint density at radius 3 is 3.05 bits per heavy atom.